The molecule has 7 aromatic rings. The number of phenolic OH excluding ortho intramolecular Hbond substituents is 1. The number of nitrogens with one attached hydrogen (secondary N) is 2. The molecule has 4 aromatic carbocycles. The van der Waals surface area contributed by atoms with Gasteiger partial charge in [-0.1, -0.05) is 48.5 Å². The molecule has 0 unspecified atom stereocenters. The average Bonchev–Trinajstić information content (AvgIpc) is 3.99. The number of fused-ring (bicyclic) bond motifs is 8. The standard InChI is InChI=1S/C44H27F3N4O.Co/c45-29-9-1-25(2-10-29)41-33-17-19-35(48-33)42(26-3-11-30(46)12-4-26)37-21-23-39(50-37)44(28-7-15-32(52)16-8-28)40-24-22-38(51-40)43(36-20-18-34(41)49-36)27-5-13-31(47)14-6-27;/h1-24,48,51-52H;. The molecule has 0 amide bonds. The van der Waals surface area contributed by atoms with Gasteiger partial charge in [0.05, 0.1) is 22.8 Å². The van der Waals surface area contributed by atoms with Crippen LogP contribution in [0.15, 0.2) is 121 Å². The van der Waals surface area contributed by atoms with Crippen LogP contribution in [0.3, 0.4) is 0 Å². The van der Waals surface area contributed by atoms with Crippen LogP contribution in [0.1, 0.15) is 22.8 Å². The zero-order valence-corrected chi connectivity index (χ0v) is 28.7. The first-order chi connectivity index (χ1) is 25.4. The minimum Gasteiger partial charge on any atom is -0.508 e. The number of aromatic nitrogens is 4. The Morgan fingerprint density at radius 2 is 0.604 bits per heavy atom. The molecule has 1 radical (unpaired) electrons. The zero-order valence-electron chi connectivity index (χ0n) is 27.7. The van der Waals surface area contributed by atoms with Gasteiger partial charge in [-0.3, -0.25) is 0 Å². The van der Waals surface area contributed by atoms with Gasteiger partial charge in [-0.2, -0.15) is 0 Å². The van der Waals surface area contributed by atoms with E-state index in [4.69, 9.17) is 9.97 Å². The Balaban J connectivity index is 0.00000400. The molecule has 0 saturated carbocycles. The molecule has 0 aliphatic carbocycles. The average molecular weight is 744 g/mol. The fourth-order valence-electron chi connectivity index (χ4n) is 6.90. The van der Waals surface area contributed by atoms with Gasteiger partial charge in [0.25, 0.3) is 0 Å². The normalized spacial score (nSPS) is 11.8. The molecule has 0 atom stereocenters. The monoisotopic (exact) mass is 743 g/mol. The molecule has 259 valence electrons. The quantitative estimate of drug-likeness (QED) is 0.168. The van der Waals surface area contributed by atoms with Crippen molar-refractivity contribution in [2.45, 2.75) is 0 Å². The van der Waals surface area contributed by atoms with Crippen LogP contribution in [0.25, 0.3) is 90.9 Å². The van der Waals surface area contributed by atoms with E-state index in [-0.39, 0.29) is 40.0 Å². The second-order valence-corrected chi connectivity index (χ2v) is 12.6. The number of aromatic amines is 2. The summed E-state index contributed by atoms with van der Waals surface area (Å²) >= 11 is 0. The minimum atomic E-state index is -0.358. The van der Waals surface area contributed by atoms with Gasteiger partial charge in [0.1, 0.15) is 23.2 Å². The van der Waals surface area contributed by atoms with E-state index in [0.29, 0.717) is 22.8 Å². The predicted octanol–water partition coefficient (Wildman–Crippen LogP) is 11.4. The molecule has 0 fully saturated rings. The van der Waals surface area contributed by atoms with Crippen molar-refractivity contribution < 1.29 is 35.1 Å². The van der Waals surface area contributed by atoms with Gasteiger partial charge >= 0.3 is 0 Å². The largest absolute Gasteiger partial charge is 0.508 e. The van der Waals surface area contributed by atoms with Crippen LogP contribution in [-0.2, 0) is 16.8 Å². The van der Waals surface area contributed by atoms with E-state index >= 15 is 0 Å². The molecule has 3 N–H and O–H groups in total. The minimum absolute atomic E-state index is 0. The number of aromatic hydroxyl groups is 1. The maximum absolute atomic E-state index is 14.2. The molecule has 2 aliphatic rings. The summed E-state index contributed by atoms with van der Waals surface area (Å²) in [5.74, 6) is -0.928. The van der Waals surface area contributed by atoms with E-state index in [0.717, 1.165) is 66.6 Å². The van der Waals surface area contributed by atoms with E-state index in [9.17, 15) is 18.3 Å². The Kier molecular flexibility index (Phi) is 8.65. The van der Waals surface area contributed by atoms with Crippen molar-refractivity contribution in [1.82, 2.24) is 19.9 Å². The third-order valence-corrected chi connectivity index (χ3v) is 9.31. The van der Waals surface area contributed by atoms with Gasteiger partial charge in [0, 0.05) is 61.1 Å². The Labute approximate surface area is 312 Å². The van der Waals surface area contributed by atoms with Crippen LogP contribution in [0.4, 0.5) is 13.2 Å². The number of phenols is 1. The Morgan fingerprint density at radius 3 is 0.868 bits per heavy atom. The summed E-state index contributed by atoms with van der Waals surface area (Å²) in [6.45, 7) is 0. The smallest absolute Gasteiger partial charge is 0.123 e. The van der Waals surface area contributed by atoms with Crippen LogP contribution >= 0.6 is 0 Å². The molecule has 5 nitrogen and oxygen atoms in total. The second kappa shape index (κ2) is 13.6. The Morgan fingerprint density at radius 1 is 0.358 bits per heavy atom. The van der Waals surface area contributed by atoms with E-state index < -0.39 is 0 Å². The van der Waals surface area contributed by atoms with Crippen molar-refractivity contribution in [3.05, 3.63) is 162 Å². The third kappa shape index (κ3) is 6.26. The third-order valence-electron chi connectivity index (χ3n) is 9.31. The first-order valence-electron chi connectivity index (χ1n) is 16.6. The summed E-state index contributed by atoms with van der Waals surface area (Å²) in [7, 11) is 0. The molecule has 5 heterocycles. The fraction of sp³-hybridized carbons (Fsp3) is 0. The van der Waals surface area contributed by atoms with E-state index in [2.05, 4.69) is 9.97 Å². The van der Waals surface area contributed by atoms with Crippen molar-refractivity contribution in [3.63, 3.8) is 0 Å². The number of H-pyrrole nitrogens is 2. The van der Waals surface area contributed by atoms with E-state index in [1.807, 2.05) is 60.7 Å². The molecule has 9 rings (SSSR count). The van der Waals surface area contributed by atoms with E-state index in [1.54, 1.807) is 48.5 Å². The molecular weight excluding hydrogens is 716 g/mol. The van der Waals surface area contributed by atoms with Crippen molar-refractivity contribution in [2.75, 3.05) is 0 Å². The van der Waals surface area contributed by atoms with Gasteiger partial charge in [-0.05, 0) is 119 Å². The maximum atomic E-state index is 14.2. The van der Waals surface area contributed by atoms with Crippen LogP contribution in [0.5, 0.6) is 5.75 Å². The fourth-order valence-corrected chi connectivity index (χ4v) is 6.90. The number of rotatable bonds is 4. The van der Waals surface area contributed by atoms with Gasteiger partial charge < -0.3 is 15.1 Å². The first-order valence-corrected chi connectivity index (χ1v) is 16.6. The van der Waals surface area contributed by atoms with Crippen molar-refractivity contribution in [2.24, 2.45) is 0 Å². The van der Waals surface area contributed by atoms with Crippen LogP contribution in [-0.4, -0.2) is 25.0 Å². The van der Waals surface area contributed by atoms with Crippen LogP contribution in [0.2, 0.25) is 0 Å². The summed E-state index contributed by atoms with van der Waals surface area (Å²) in [5, 5.41) is 10.1. The summed E-state index contributed by atoms with van der Waals surface area (Å²) < 4.78 is 42.6. The van der Waals surface area contributed by atoms with Gasteiger partial charge in [-0.25, -0.2) is 23.1 Å². The molecule has 53 heavy (non-hydrogen) atoms. The number of hydrogen-bond acceptors (Lipinski definition) is 3. The van der Waals surface area contributed by atoms with Crippen molar-refractivity contribution in [3.8, 4) is 50.3 Å². The van der Waals surface area contributed by atoms with Crippen LogP contribution in [0, 0.1) is 17.5 Å². The zero-order chi connectivity index (χ0) is 35.3. The maximum Gasteiger partial charge on any atom is 0.123 e. The predicted molar refractivity (Wildman–Crippen MR) is 202 cm³/mol. The van der Waals surface area contributed by atoms with Crippen molar-refractivity contribution in [1.29, 1.82) is 0 Å². The van der Waals surface area contributed by atoms with Crippen LogP contribution < -0.4 is 0 Å². The molecule has 0 saturated heterocycles. The molecule has 3 aromatic heterocycles. The SMILES string of the molecule is Oc1ccc(-c2c3nc(c(-c4ccc(F)cc4)c4ccc([nH]4)c(-c4ccc(F)cc4)c4nc(c(-c5ccc(F)cc5)c5ccc2[nH]5)C=C4)C=C3)cc1.[Co]. The Bertz CT molecular complexity index is 2380. The molecule has 8 bridgehead atoms. The van der Waals surface area contributed by atoms with Gasteiger partial charge in [0.2, 0.25) is 0 Å². The topological polar surface area (TPSA) is 77.6 Å². The molecule has 2 aliphatic heterocycles. The summed E-state index contributed by atoms with van der Waals surface area (Å²) in [4.78, 5) is 17.5. The van der Waals surface area contributed by atoms with Gasteiger partial charge in [0.15, 0.2) is 0 Å². The number of halogens is 3. The summed E-state index contributed by atoms with van der Waals surface area (Å²) in [6.07, 6.45) is 7.71. The van der Waals surface area contributed by atoms with Gasteiger partial charge in [-0.15, -0.1) is 0 Å². The number of benzene rings is 4. The molecular formula is C44H27CoF3N4O. The summed E-state index contributed by atoms with van der Waals surface area (Å²) in [5.41, 5.74) is 11.7. The number of hydrogen-bond donors (Lipinski definition) is 3. The van der Waals surface area contributed by atoms with Crippen molar-refractivity contribution >= 4 is 46.4 Å². The second-order valence-electron chi connectivity index (χ2n) is 12.6. The number of nitrogens with zero attached hydrogens (tertiary/aromatic N) is 2. The summed E-state index contributed by atoms with van der Waals surface area (Å²) in [6, 6.07) is 33.6. The molecule has 0 spiro atoms. The Hall–Kier alpha value is -6.42. The van der Waals surface area contributed by atoms with E-state index in [1.165, 1.54) is 36.4 Å². The first kappa shape index (κ1) is 33.7. The molecule has 9 heteroatoms.